The van der Waals surface area contributed by atoms with Crippen LogP contribution < -0.4 is 5.32 Å². The monoisotopic (exact) mass is 297 g/mol. The molecule has 1 aromatic heterocycles. The maximum Gasteiger partial charge on any atom is 0.335 e. The summed E-state index contributed by atoms with van der Waals surface area (Å²) >= 11 is 0. The van der Waals surface area contributed by atoms with E-state index >= 15 is 0 Å². The number of nitrogens with zero attached hydrogens (tertiary/aromatic N) is 2. The van der Waals surface area contributed by atoms with Gasteiger partial charge in [-0.3, -0.25) is 4.68 Å². The molecule has 0 aliphatic heterocycles. The number of aromatic nitrogens is 2. The summed E-state index contributed by atoms with van der Waals surface area (Å²) in [6.07, 6.45) is 2.96. The van der Waals surface area contributed by atoms with Gasteiger partial charge in [0.25, 0.3) is 0 Å². The van der Waals surface area contributed by atoms with Gasteiger partial charge in [0.1, 0.15) is 5.69 Å². The largest absolute Gasteiger partial charge is 0.478 e. The lowest BCUT2D eigenvalue weighted by molar-refractivity contribution is 0.0696. The number of rotatable bonds is 6. The first-order chi connectivity index (χ1) is 10.0. The van der Waals surface area contributed by atoms with Crippen molar-refractivity contribution in [2.75, 3.05) is 19.0 Å². The standard InChI is InChI=1S/C13H13F2N3O3/c1-21-3-2-18-7-9(6-16-18)17-12-10(14)4-8(13(19)20)5-11(12)15/h4-7,17H,2-3H2,1H3,(H,19,20). The number of aromatic carboxylic acids is 1. The van der Waals surface area contributed by atoms with E-state index in [1.165, 1.54) is 6.20 Å². The van der Waals surface area contributed by atoms with E-state index in [9.17, 15) is 13.6 Å². The van der Waals surface area contributed by atoms with Crippen molar-refractivity contribution in [1.82, 2.24) is 9.78 Å². The van der Waals surface area contributed by atoms with Crippen molar-refractivity contribution in [2.45, 2.75) is 6.54 Å². The average Bonchev–Trinajstić information content (AvgIpc) is 2.88. The molecule has 21 heavy (non-hydrogen) atoms. The van der Waals surface area contributed by atoms with Crippen molar-refractivity contribution in [1.29, 1.82) is 0 Å². The Hall–Kier alpha value is -2.48. The van der Waals surface area contributed by atoms with Crippen LogP contribution in [0.3, 0.4) is 0 Å². The third-order valence-corrected chi connectivity index (χ3v) is 2.72. The van der Waals surface area contributed by atoms with Crippen molar-refractivity contribution < 1.29 is 23.4 Å². The van der Waals surface area contributed by atoms with Crippen molar-refractivity contribution in [2.24, 2.45) is 0 Å². The molecule has 0 saturated carbocycles. The molecule has 1 heterocycles. The van der Waals surface area contributed by atoms with Gasteiger partial charge in [-0.05, 0) is 12.1 Å². The van der Waals surface area contributed by atoms with Crippen molar-refractivity contribution in [3.63, 3.8) is 0 Å². The molecule has 0 bridgehead atoms. The highest BCUT2D eigenvalue weighted by molar-refractivity contribution is 5.88. The van der Waals surface area contributed by atoms with Gasteiger partial charge in [-0.2, -0.15) is 5.10 Å². The predicted octanol–water partition coefficient (Wildman–Crippen LogP) is 2.25. The molecule has 0 saturated heterocycles. The molecule has 2 aromatic rings. The molecule has 0 unspecified atom stereocenters. The number of hydrogen-bond acceptors (Lipinski definition) is 4. The van der Waals surface area contributed by atoms with E-state index in [2.05, 4.69) is 10.4 Å². The minimum absolute atomic E-state index is 0.381. The molecule has 0 radical (unpaired) electrons. The number of anilines is 2. The highest BCUT2D eigenvalue weighted by atomic mass is 19.1. The second kappa shape index (κ2) is 6.31. The number of carboxylic acid groups (broad SMARTS) is 1. The number of halogens is 2. The SMILES string of the molecule is COCCn1cc(Nc2c(F)cc(C(=O)O)cc2F)cn1. The molecule has 0 atom stereocenters. The molecular weight excluding hydrogens is 284 g/mol. The van der Waals surface area contributed by atoms with Crippen LogP contribution in [0.15, 0.2) is 24.5 Å². The molecule has 0 aliphatic rings. The van der Waals surface area contributed by atoms with Gasteiger partial charge in [-0.1, -0.05) is 0 Å². The summed E-state index contributed by atoms with van der Waals surface area (Å²) in [5.41, 5.74) is -0.496. The zero-order chi connectivity index (χ0) is 15.4. The first kappa shape index (κ1) is 14.9. The summed E-state index contributed by atoms with van der Waals surface area (Å²) in [4.78, 5) is 10.7. The number of ether oxygens (including phenoxy) is 1. The second-order valence-corrected chi connectivity index (χ2v) is 4.23. The zero-order valence-corrected chi connectivity index (χ0v) is 11.1. The maximum atomic E-state index is 13.8. The summed E-state index contributed by atoms with van der Waals surface area (Å²) in [6, 6.07) is 1.51. The van der Waals surface area contributed by atoms with Crippen LogP contribution in [0.2, 0.25) is 0 Å². The van der Waals surface area contributed by atoms with Crippen LogP contribution in [0.5, 0.6) is 0 Å². The van der Waals surface area contributed by atoms with Crippen molar-refractivity contribution >= 4 is 17.3 Å². The van der Waals surface area contributed by atoms with E-state index in [0.717, 1.165) is 12.1 Å². The average molecular weight is 297 g/mol. The van der Waals surface area contributed by atoms with Crippen LogP contribution in [-0.4, -0.2) is 34.6 Å². The van der Waals surface area contributed by atoms with E-state index in [0.29, 0.717) is 18.8 Å². The minimum atomic E-state index is -1.40. The Labute approximate surface area is 119 Å². The third kappa shape index (κ3) is 3.54. The lowest BCUT2D eigenvalue weighted by atomic mass is 10.2. The second-order valence-electron chi connectivity index (χ2n) is 4.23. The van der Waals surface area contributed by atoms with Gasteiger partial charge in [-0.25, -0.2) is 13.6 Å². The lowest BCUT2D eigenvalue weighted by Gasteiger charge is -2.07. The molecule has 0 amide bonds. The minimum Gasteiger partial charge on any atom is -0.478 e. The Balaban J connectivity index is 2.19. The molecule has 6 nitrogen and oxygen atoms in total. The normalized spacial score (nSPS) is 10.6. The quantitative estimate of drug-likeness (QED) is 0.855. The van der Waals surface area contributed by atoms with E-state index in [4.69, 9.17) is 9.84 Å². The number of carboxylic acids is 1. The van der Waals surface area contributed by atoms with E-state index < -0.39 is 28.9 Å². The van der Waals surface area contributed by atoms with E-state index in [-0.39, 0.29) is 0 Å². The fraction of sp³-hybridized carbons (Fsp3) is 0.231. The predicted molar refractivity (Wildman–Crippen MR) is 70.7 cm³/mol. The van der Waals surface area contributed by atoms with Crippen LogP contribution in [0.1, 0.15) is 10.4 Å². The van der Waals surface area contributed by atoms with Gasteiger partial charge in [-0.15, -0.1) is 0 Å². The number of hydrogen-bond donors (Lipinski definition) is 2. The topological polar surface area (TPSA) is 76.4 Å². The molecule has 2 N–H and O–H groups in total. The van der Waals surface area contributed by atoms with Crippen molar-refractivity contribution in [3.05, 3.63) is 41.7 Å². The summed E-state index contributed by atoms with van der Waals surface area (Å²) in [7, 11) is 1.55. The van der Waals surface area contributed by atoms with Gasteiger partial charge in [0.05, 0.1) is 30.6 Å². The molecule has 0 aliphatic carbocycles. The van der Waals surface area contributed by atoms with Gasteiger partial charge in [0.2, 0.25) is 0 Å². The Kier molecular flexibility index (Phi) is 4.49. The van der Waals surface area contributed by atoms with Gasteiger partial charge in [0, 0.05) is 13.3 Å². The zero-order valence-electron chi connectivity index (χ0n) is 11.1. The summed E-state index contributed by atoms with van der Waals surface area (Å²) in [5.74, 6) is -3.37. The fourth-order valence-electron chi connectivity index (χ4n) is 1.70. The Morgan fingerprint density at radius 3 is 2.67 bits per heavy atom. The Morgan fingerprint density at radius 1 is 1.43 bits per heavy atom. The first-order valence-electron chi connectivity index (χ1n) is 6.02. The molecule has 1 aromatic carbocycles. The molecule has 112 valence electrons. The number of benzene rings is 1. The maximum absolute atomic E-state index is 13.8. The van der Waals surface area contributed by atoms with E-state index in [1.807, 2.05) is 0 Å². The van der Waals surface area contributed by atoms with Crippen molar-refractivity contribution in [3.8, 4) is 0 Å². The smallest absolute Gasteiger partial charge is 0.335 e. The van der Waals surface area contributed by atoms with Crippen LogP contribution in [-0.2, 0) is 11.3 Å². The van der Waals surface area contributed by atoms with Gasteiger partial charge < -0.3 is 15.2 Å². The van der Waals surface area contributed by atoms with Crippen LogP contribution in [0.4, 0.5) is 20.2 Å². The number of nitrogens with one attached hydrogen (secondary N) is 1. The number of carbonyl (C=O) groups is 1. The Bertz CT molecular complexity index is 635. The van der Waals surface area contributed by atoms with Crippen LogP contribution >= 0.6 is 0 Å². The summed E-state index contributed by atoms with van der Waals surface area (Å²) in [6.45, 7) is 0.957. The molecule has 0 spiro atoms. The molecular formula is C13H13F2N3O3. The van der Waals surface area contributed by atoms with Gasteiger partial charge in [0.15, 0.2) is 11.6 Å². The lowest BCUT2D eigenvalue weighted by Crippen LogP contribution is -2.04. The van der Waals surface area contributed by atoms with E-state index in [1.54, 1.807) is 18.0 Å². The van der Waals surface area contributed by atoms with Crippen LogP contribution in [0.25, 0.3) is 0 Å². The van der Waals surface area contributed by atoms with Gasteiger partial charge >= 0.3 is 5.97 Å². The molecule has 2 rings (SSSR count). The molecule has 8 heteroatoms. The van der Waals surface area contributed by atoms with Crippen LogP contribution in [0, 0.1) is 11.6 Å². The highest BCUT2D eigenvalue weighted by Crippen LogP contribution is 2.24. The highest BCUT2D eigenvalue weighted by Gasteiger charge is 2.15. The summed E-state index contributed by atoms with van der Waals surface area (Å²) < 4.78 is 33.9. The molecule has 0 fully saturated rings. The fourth-order valence-corrected chi connectivity index (χ4v) is 1.70. The number of methoxy groups -OCH3 is 1. The first-order valence-corrected chi connectivity index (χ1v) is 6.02. The summed E-state index contributed by atoms with van der Waals surface area (Å²) in [5, 5.41) is 15.2. The third-order valence-electron chi connectivity index (χ3n) is 2.72. The Morgan fingerprint density at radius 2 is 2.10 bits per heavy atom.